The first kappa shape index (κ1) is 20.2. The van der Waals surface area contributed by atoms with Crippen LogP contribution in [0.4, 0.5) is 0 Å². The van der Waals surface area contributed by atoms with Gasteiger partial charge >= 0.3 is 11.9 Å². The van der Waals surface area contributed by atoms with Gasteiger partial charge in [0, 0.05) is 20.2 Å². The molecule has 0 aliphatic carbocycles. The van der Waals surface area contributed by atoms with Crippen molar-refractivity contribution in [2.45, 2.75) is 51.9 Å². The molecule has 23 heavy (non-hydrogen) atoms. The zero-order chi connectivity index (χ0) is 17.6. The molecule has 0 unspecified atom stereocenters. The smallest absolute Gasteiger partial charge is 0.310 e. The average molecular weight is 451 g/mol. The Bertz CT molecular complexity index is 563. The maximum Gasteiger partial charge on any atom is 0.310 e. The van der Waals surface area contributed by atoms with E-state index < -0.39 is 8.07 Å². The fourth-order valence-electron chi connectivity index (χ4n) is 2.17. The number of carbonyl (C=O) groups is 2. The highest BCUT2D eigenvalue weighted by atomic mass is 127. The first-order valence-corrected chi connectivity index (χ1v) is 12.5. The van der Waals surface area contributed by atoms with Crippen LogP contribution in [0.15, 0.2) is 0 Å². The fraction of sp³-hybridized carbons (Fsp3) is 0.625. The minimum Gasteiger partial charge on any atom is -0.469 e. The van der Waals surface area contributed by atoms with Crippen LogP contribution in [-0.2, 0) is 31.9 Å². The molecule has 0 saturated heterocycles. The van der Waals surface area contributed by atoms with Gasteiger partial charge in [-0.25, -0.2) is 0 Å². The number of methoxy groups -OCH3 is 1. The largest absolute Gasteiger partial charge is 0.469 e. The van der Waals surface area contributed by atoms with Gasteiger partial charge in [0.05, 0.1) is 23.8 Å². The molecule has 0 bridgehead atoms. The van der Waals surface area contributed by atoms with Crippen LogP contribution in [-0.4, -0.2) is 38.7 Å². The highest BCUT2D eigenvalue weighted by Gasteiger charge is 2.19. The molecule has 1 heterocycles. The van der Waals surface area contributed by atoms with Crippen molar-refractivity contribution in [1.29, 1.82) is 0 Å². The summed E-state index contributed by atoms with van der Waals surface area (Å²) in [7, 11) is 0.182. The Labute approximate surface area is 152 Å². The minimum absolute atomic E-state index is 0.207. The molecule has 0 atom stereocenters. The first-order valence-electron chi connectivity index (χ1n) is 7.72. The second kappa shape index (κ2) is 8.86. The van der Waals surface area contributed by atoms with E-state index in [0.717, 1.165) is 26.6 Å². The van der Waals surface area contributed by atoms with E-state index in [9.17, 15) is 9.59 Å². The van der Waals surface area contributed by atoms with Gasteiger partial charge in [0.1, 0.15) is 0 Å². The standard InChI is InChI=1S/C16H26INO4Si/c1-11-13(10-15(20)22-8-9-23(3,4)5)12(16(17)18-11)6-7-14(19)21-2/h18H,6-10H2,1-5H3. The molecule has 1 N–H and O–H groups in total. The van der Waals surface area contributed by atoms with E-state index in [0.29, 0.717) is 19.4 Å². The third-order valence-corrected chi connectivity index (χ3v) is 6.25. The zero-order valence-corrected chi connectivity index (χ0v) is 17.7. The number of esters is 2. The number of halogens is 1. The molecule has 1 aromatic rings. The number of ether oxygens (including phenoxy) is 2. The monoisotopic (exact) mass is 451 g/mol. The molecule has 0 aromatic carbocycles. The summed E-state index contributed by atoms with van der Waals surface area (Å²) >= 11 is 2.20. The third kappa shape index (κ3) is 7.07. The number of aromatic nitrogens is 1. The van der Waals surface area contributed by atoms with E-state index in [-0.39, 0.29) is 18.4 Å². The van der Waals surface area contributed by atoms with E-state index in [1.54, 1.807) is 0 Å². The molecule has 0 spiro atoms. The Morgan fingerprint density at radius 3 is 2.39 bits per heavy atom. The topological polar surface area (TPSA) is 68.4 Å². The number of carbonyl (C=O) groups excluding carboxylic acids is 2. The molecule has 0 aliphatic rings. The molecule has 1 rings (SSSR count). The Morgan fingerprint density at radius 1 is 1.17 bits per heavy atom. The molecule has 130 valence electrons. The summed E-state index contributed by atoms with van der Waals surface area (Å²) < 4.78 is 11.0. The molecule has 0 radical (unpaired) electrons. The Hall–Kier alpha value is -0.833. The lowest BCUT2D eigenvalue weighted by molar-refractivity contribution is -0.142. The highest BCUT2D eigenvalue weighted by molar-refractivity contribution is 14.1. The average Bonchev–Trinajstić information content (AvgIpc) is 2.69. The van der Waals surface area contributed by atoms with E-state index >= 15 is 0 Å². The quantitative estimate of drug-likeness (QED) is 0.374. The maximum absolute atomic E-state index is 12.1. The number of aryl methyl sites for hydroxylation is 1. The van der Waals surface area contributed by atoms with Crippen LogP contribution in [0.3, 0.4) is 0 Å². The van der Waals surface area contributed by atoms with E-state index in [1.165, 1.54) is 7.11 Å². The second-order valence-corrected chi connectivity index (χ2v) is 13.5. The van der Waals surface area contributed by atoms with Gasteiger partial charge in [0.2, 0.25) is 0 Å². The number of hydrogen-bond donors (Lipinski definition) is 1. The SMILES string of the molecule is COC(=O)CCc1c(I)[nH]c(C)c1CC(=O)OCC[Si](C)(C)C. The molecule has 5 nitrogen and oxygen atoms in total. The van der Waals surface area contributed by atoms with Gasteiger partial charge < -0.3 is 14.5 Å². The Kier molecular flexibility index (Phi) is 7.79. The number of rotatable bonds is 8. The van der Waals surface area contributed by atoms with Crippen LogP contribution in [0, 0.1) is 10.6 Å². The van der Waals surface area contributed by atoms with Crippen LogP contribution in [0.1, 0.15) is 23.2 Å². The van der Waals surface area contributed by atoms with Crippen molar-refractivity contribution in [1.82, 2.24) is 4.98 Å². The zero-order valence-electron chi connectivity index (χ0n) is 14.5. The summed E-state index contributed by atoms with van der Waals surface area (Å²) in [5.74, 6) is -0.454. The van der Waals surface area contributed by atoms with Gasteiger partial charge in [-0.05, 0) is 53.1 Å². The first-order chi connectivity index (χ1) is 10.6. The predicted molar refractivity (Wildman–Crippen MR) is 101 cm³/mol. The number of H-pyrrole nitrogens is 1. The third-order valence-electron chi connectivity index (χ3n) is 3.62. The van der Waals surface area contributed by atoms with Crippen LogP contribution < -0.4 is 0 Å². The van der Waals surface area contributed by atoms with Crippen molar-refractivity contribution in [2.75, 3.05) is 13.7 Å². The number of aromatic amines is 1. The highest BCUT2D eigenvalue weighted by Crippen LogP contribution is 2.23. The normalized spacial score (nSPS) is 11.4. The summed E-state index contributed by atoms with van der Waals surface area (Å²) in [6.45, 7) is 9.19. The summed E-state index contributed by atoms with van der Waals surface area (Å²) in [4.78, 5) is 26.7. The van der Waals surface area contributed by atoms with Crippen molar-refractivity contribution in [2.24, 2.45) is 0 Å². The van der Waals surface area contributed by atoms with Gasteiger partial charge in [0.15, 0.2) is 0 Å². The molecular formula is C16H26INO4Si. The molecule has 1 aromatic heterocycles. The van der Waals surface area contributed by atoms with Crippen molar-refractivity contribution in [3.8, 4) is 0 Å². The van der Waals surface area contributed by atoms with Gasteiger partial charge in [-0.2, -0.15) is 0 Å². The fourth-order valence-corrected chi connectivity index (χ4v) is 3.88. The minimum atomic E-state index is -1.20. The molecule has 0 amide bonds. The van der Waals surface area contributed by atoms with Crippen LogP contribution in [0.25, 0.3) is 0 Å². The Balaban J connectivity index is 2.68. The maximum atomic E-state index is 12.1. The van der Waals surface area contributed by atoms with Gasteiger partial charge in [-0.15, -0.1) is 0 Å². The summed E-state index contributed by atoms with van der Waals surface area (Å²) in [6.07, 6.45) is 1.11. The molecule has 7 heteroatoms. The van der Waals surface area contributed by atoms with Gasteiger partial charge in [0.25, 0.3) is 0 Å². The summed E-state index contributed by atoms with van der Waals surface area (Å²) in [5, 5.41) is 0. The summed E-state index contributed by atoms with van der Waals surface area (Å²) in [5.41, 5.74) is 2.91. The number of hydrogen-bond acceptors (Lipinski definition) is 4. The van der Waals surface area contributed by atoms with Crippen molar-refractivity contribution in [3.63, 3.8) is 0 Å². The molecule has 0 aliphatic heterocycles. The Morgan fingerprint density at radius 2 is 1.83 bits per heavy atom. The molecule has 0 saturated carbocycles. The van der Waals surface area contributed by atoms with Crippen LogP contribution >= 0.6 is 22.6 Å². The lowest BCUT2D eigenvalue weighted by atomic mass is 10.0. The summed E-state index contributed by atoms with van der Waals surface area (Å²) in [6, 6.07) is 0.970. The van der Waals surface area contributed by atoms with Crippen molar-refractivity contribution >= 4 is 42.6 Å². The van der Waals surface area contributed by atoms with E-state index in [2.05, 4.69) is 52.0 Å². The van der Waals surface area contributed by atoms with Gasteiger partial charge in [-0.1, -0.05) is 19.6 Å². The van der Waals surface area contributed by atoms with Crippen molar-refractivity contribution < 1.29 is 19.1 Å². The number of nitrogens with one attached hydrogen (secondary N) is 1. The van der Waals surface area contributed by atoms with Crippen LogP contribution in [0.5, 0.6) is 0 Å². The predicted octanol–water partition coefficient (Wildman–Crippen LogP) is 3.46. The lowest BCUT2D eigenvalue weighted by Gasteiger charge is -2.15. The van der Waals surface area contributed by atoms with Gasteiger partial charge in [-0.3, -0.25) is 9.59 Å². The molecular weight excluding hydrogens is 425 g/mol. The van der Waals surface area contributed by atoms with Crippen LogP contribution in [0.2, 0.25) is 25.7 Å². The van der Waals surface area contributed by atoms with Crippen molar-refractivity contribution in [3.05, 3.63) is 20.5 Å². The lowest BCUT2D eigenvalue weighted by Crippen LogP contribution is -2.23. The van der Waals surface area contributed by atoms with E-state index in [4.69, 9.17) is 4.74 Å². The second-order valence-electron chi connectivity index (χ2n) is 6.81. The van der Waals surface area contributed by atoms with E-state index in [1.807, 2.05) is 6.92 Å². The molecule has 0 fully saturated rings.